The first-order chi connectivity index (χ1) is 12.8. The van der Waals surface area contributed by atoms with Crippen molar-refractivity contribution in [2.45, 2.75) is 38.5 Å². The van der Waals surface area contributed by atoms with Crippen molar-refractivity contribution in [3.05, 3.63) is 54.1 Å². The van der Waals surface area contributed by atoms with Gasteiger partial charge in [-0.1, -0.05) is 13.3 Å². The van der Waals surface area contributed by atoms with E-state index in [-0.39, 0.29) is 5.75 Å². The average Bonchev–Trinajstić information content (AvgIpc) is 2.65. The zero-order valence-corrected chi connectivity index (χ0v) is 15.1. The van der Waals surface area contributed by atoms with Crippen LogP contribution in [0, 0.1) is 0 Å². The first kappa shape index (κ1) is 20.6. The summed E-state index contributed by atoms with van der Waals surface area (Å²) in [4.78, 5) is 11.8. The molecule has 0 N–H and O–H groups in total. The third-order valence-corrected chi connectivity index (χ3v) is 3.80. The zero-order valence-electron chi connectivity index (χ0n) is 15.1. The zero-order chi connectivity index (χ0) is 19.9. The number of carbonyl (C=O) groups excluding carboxylic acids is 1. The molecule has 0 radical (unpaired) electrons. The summed E-state index contributed by atoms with van der Waals surface area (Å²) in [5.41, 5.74) is -0.737. The molecule has 7 heteroatoms. The maximum atomic E-state index is 12.6. The molecule has 0 aromatic heterocycles. The van der Waals surface area contributed by atoms with Gasteiger partial charge < -0.3 is 14.2 Å². The number of benzene rings is 2. The molecule has 0 fully saturated rings. The molecule has 2 rings (SSSR count). The number of esters is 1. The second-order valence-corrected chi connectivity index (χ2v) is 5.87. The Morgan fingerprint density at radius 2 is 1.48 bits per heavy atom. The predicted molar refractivity (Wildman–Crippen MR) is 93.9 cm³/mol. The normalized spacial score (nSPS) is 12.3. The minimum absolute atomic E-state index is 0.284. The quantitative estimate of drug-likeness (QED) is 0.557. The average molecular weight is 382 g/mol. The van der Waals surface area contributed by atoms with Crippen LogP contribution in [0.15, 0.2) is 48.5 Å². The number of unbranched alkanes of at least 4 members (excludes halogenated alkanes) is 1. The largest absolute Gasteiger partial charge is 0.479 e. The third kappa shape index (κ3) is 6.20. The van der Waals surface area contributed by atoms with E-state index in [1.165, 1.54) is 19.2 Å². The molecule has 0 saturated heterocycles. The molecule has 146 valence electrons. The predicted octanol–water partition coefficient (Wildman–Crippen LogP) is 5.61. The van der Waals surface area contributed by atoms with E-state index < -0.39 is 23.8 Å². The van der Waals surface area contributed by atoms with Crippen molar-refractivity contribution < 1.29 is 32.2 Å². The molecule has 0 aliphatic heterocycles. The first-order valence-electron chi connectivity index (χ1n) is 8.53. The van der Waals surface area contributed by atoms with Crippen molar-refractivity contribution in [1.29, 1.82) is 0 Å². The van der Waals surface area contributed by atoms with Gasteiger partial charge in [-0.05, 0) is 61.4 Å². The monoisotopic (exact) mass is 382 g/mol. The molecular weight excluding hydrogens is 361 g/mol. The van der Waals surface area contributed by atoms with Gasteiger partial charge in [0, 0.05) is 0 Å². The second kappa shape index (κ2) is 9.30. The Hall–Kier alpha value is -2.70. The summed E-state index contributed by atoms with van der Waals surface area (Å²) in [6.45, 7) is 2.02. The molecule has 27 heavy (non-hydrogen) atoms. The van der Waals surface area contributed by atoms with Crippen molar-refractivity contribution in [2.24, 2.45) is 0 Å². The summed E-state index contributed by atoms with van der Waals surface area (Å²) in [7, 11) is 1.31. The van der Waals surface area contributed by atoms with Gasteiger partial charge in [-0.3, -0.25) is 0 Å². The van der Waals surface area contributed by atoms with E-state index in [4.69, 9.17) is 14.2 Å². The number of ether oxygens (including phenoxy) is 3. The number of hydrogen-bond acceptors (Lipinski definition) is 4. The minimum atomic E-state index is -4.38. The number of rotatable bonds is 8. The highest BCUT2D eigenvalue weighted by atomic mass is 19.4. The van der Waals surface area contributed by atoms with Gasteiger partial charge in [0.2, 0.25) is 0 Å². The molecule has 0 spiro atoms. The second-order valence-electron chi connectivity index (χ2n) is 5.87. The van der Waals surface area contributed by atoms with Crippen molar-refractivity contribution in [3.8, 4) is 17.2 Å². The molecule has 0 bridgehead atoms. The summed E-state index contributed by atoms with van der Waals surface area (Å²) in [6, 6.07) is 10.9. The molecule has 0 aliphatic carbocycles. The maximum Gasteiger partial charge on any atom is 0.416 e. The van der Waals surface area contributed by atoms with E-state index in [1.54, 1.807) is 24.3 Å². The fraction of sp³-hybridized carbons (Fsp3) is 0.350. The van der Waals surface area contributed by atoms with Gasteiger partial charge in [0.05, 0.1) is 12.7 Å². The van der Waals surface area contributed by atoms with Gasteiger partial charge in [0.1, 0.15) is 17.2 Å². The van der Waals surface area contributed by atoms with Crippen LogP contribution < -0.4 is 9.47 Å². The van der Waals surface area contributed by atoms with Gasteiger partial charge in [0.15, 0.2) is 6.10 Å². The van der Waals surface area contributed by atoms with Crippen LogP contribution in [0.3, 0.4) is 0 Å². The van der Waals surface area contributed by atoms with E-state index in [1.807, 2.05) is 6.92 Å². The van der Waals surface area contributed by atoms with E-state index in [9.17, 15) is 18.0 Å². The third-order valence-electron chi connectivity index (χ3n) is 3.80. The minimum Gasteiger partial charge on any atom is -0.479 e. The highest BCUT2D eigenvalue weighted by molar-refractivity contribution is 5.74. The van der Waals surface area contributed by atoms with Gasteiger partial charge >= 0.3 is 12.1 Å². The van der Waals surface area contributed by atoms with Gasteiger partial charge in [-0.25, -0.2) is 4.79 Å². The van der Waals surface area contributed by atoms with Crippen molar-refractivity contribution in [2.75, 3.05) is 7.11 Å². The molecule has 0 aliphatic rings. The molecular formula is C20H21F3O4. The smallest absolute Gasteiger partial charge is 0.416 e. The van der Waals surface area contributed by atoms with E-state index in [2.05, 4.69) is 0 Å². The molecule has 2 aromatic carbocycles. The standard InChI is InChI=1S/C20H21F3O4/c1-3-4-5-18(19(24)25-2)27-17-12-10-16(11-13-17)26-15-8-6-14(7-9-15)20(21,22)23/h6-13,18H,3-5H2,1-2H3. The van der Waals surface area contributed by atoms with Crippen LogP contribution in [0.2, 0.25) is 0 Å². The summed E-state index contributed by atoms with van der Waals surface area (Å²) < 4.78 is 53.6. The van der Waals surface area contributed by atoms with Crippen LogP contribution in [0.4, 0.5) is 13.2 Å². The first-order valence-corrected chi connectivity index (χ1v) is 8.53. The lowest BCUT2D eigenvalue weighted by Crippen LogP contribution is -2.28. The fourth-order valence-corrected chi connectivity index (χ4v) is 2.34. The Labute approximate surface area is 155 Å². The molecule has 0 saturated carbocycles. The Bertz CT molecular complexity index is 724. The van der Waals surface area contributed by atoms with E-state index in [0.717, 1.165) is 25.0 Å². The van der Waals surface area contributed by atoms with Crippen LogP contribution in [-0.2, 0) is 15.7 Å². The highest BCUT2D eigenvalue weighted by Crippen LogP contribution is 2.31. The molecule has 2 aromatic rings. The van der Waals surface area contributed by atoms with Crippen LogP contribution in [-0.4, -0.2) is 19.2 Å². The molecule has 1 unspecified atom stereocenters. The molecule has 1 atom stereocenters. The van der Waals surface area contributed by atoms with Crippen LogP contribution >= 0.6 is 0 Å². The topological polar surface area (TPSA) is 44.8 Å². The Morgan fingerprint density at radius 3 is 1.96 bits per heavy atom. The van der Waals surface area contributed by atoms with E-state index in [0.29, 0.717) is 17.9 Å². The highest BCUT2D eigenvalue weighted by Gasteiger charge is 2.30. The Kier molecular flexibility index (Phi) is 7.10. The molecule has 0 heterocycles. The summed E-state index contributed by atoms with van der Waals surface area (Å²) in [5, 5.41) is 0. The van der Waals surface area contributed by atoms with Gasteiger partial charge in [-0.2, -0.15) is 13.2 Å². The Balaban J connectivity index is 2.00. The van der Waals surface area contributed by atoms with Gasteiger partial charge in [0.25, 0.3) is 0 Å². The summed E-state index contributed by atoms with van der Waals surface area (Å²) in [5.74, 6) is 0.757. The maximum absolute atomic E-state index is 12.6. The number of hydrogen-bond donors (Lipinski definition) is 0. The lowest BCUT2D eigenvalue weighted by Gasteiger charge is -2.17. The lowest BCUT2D eigenvalue weighted by atomic mass is 10.1. The number of alkyl halides is 3. The summed E-state index contributed by atoms with van der Waals surface area (Å²) in [6.07, 6.45) is -2.76. The molecule has 4 nitrogen and oxygen atoms in total. The lowest BCUT2D eigenvalue weighted by molar-refractivity contribution is -0.149. The number of carbonyl (C=O) groups is 1. The SMILES string of the molecule is CCCCC(Oc1ccc(Oc2ccc(C(F)(F)F)cc2)cc1)C(=O)OC. The number of methoxy groups -OCH3 is 1. The summed E-state index contributed by atoms with van der Waals surface area (Å²) >= 11 is 0. The van der Waals surface area contributed by atoms with E-state index >= 15 is 0 Å². The van der Waals surface area contributed by atoms with Crippen LogP contribution in [0.25, 0.3) is 0 Å². The molecule has 0 amide bonds. The van der Waals surface area contributed by atoms with Crippen molar-refractivity contribution in [3.63, 3.8) is 0 Å². The van der Waals surface area contributed by atoms with Crippen LogP contribution in [0.5, 0.6) is 17.2 Å². The van der Waals surface area contributed by atoms with Crippen LogP contribution in [0.1, 0.15) is 31.7 Å². The number of halogens is 3. The van der Waals surface area contributed by atoms with Crippen molar-refractivity contribution in [1.82, 2.24) is 0 Å². The van der Waals surface area contributed by atoms with Gasteiger partial charge in [-0.15, -0.1) is 0 Å². The Morgan fingerprint density at radius 1 is 0.963 bits per heavy atom. The van der Waals surface area contributed by atoms with Crippen molar-refractivity contribution >= 4 is 5.97 Å². The fourth-order valence-electron chi connectivity index (χ4n) is 2.34.